The van der Waals surface area contributed by atoms with Gasteiger partial charge in [0.2, 0.25) is 5.91 Å². The van der Waals surface area contributed by atoms with Crippen molar-refractivity contribution in [3.8, 4) is 0 Å². The Balaban J connectivity index is 2.47. The highest BCUT2D eigenvalue weighted by atomic mass is 16.4. The molecule has 4 nitrogen and oxygen atoms in total. The van der Waals surface area contributed by atoms with Crippen molar-refractivity contribution in [2.24, 2.45) is 5.92 Å². The van der Waals surface area contributed by atoms with E-state index in [2.05, 4.69) is 5.32 Å². The normalized spacial score (nSPS) is 11.9. The molecule has 0 spiro atoms. The zero-order valence-electron chi connectivity index (χ0n) is 11.5. The zero-order valence-corrected chi connectivity index (χ0v) is 11.5. The van der Waals surface area contributed by atoms with Crippen LogP contribution in [0.4, 0.5) is 5.69 Å². The summed E-state index contributed by atoms with van der Waals surface area (Å²) in [5.74, 6) is -1.37. The average molecular weight is 263 g/mol. The zero-order chi connectivity index (χ0) is 14.3. The fourth-order valence-electron chi connectivity index (χ4n) is 1.97. The molecule has 0 aliphatic carbocycles. The molecule has 0 aliphatic heterocycles. The lowest BCUT2D eigenvalue weighted by Gasteiger charge is -2.11. The van der Waals surface area contributed by atoms with Crippen LogP contribution in [0.15, 0.2) is 24.3 Å². The van der Waals surface area contributed by atoms with E-state index < -0.39 is 11.9 Å². The Morgan fingerprint density at radius 1 is 1.26 bits per heavy atom. The van der Waals surface area contributed by atoms with E-state index in [-0.39, 0.29) is 12.3 Å². The van der Waals surface area contributed by atoms with E-state index in [1.165, 1.54) is 0 Å². The fraction of sp³-hybridized carbons (Fsp3) is 0.467. The summed E-state index contributed by atoms with van der Waals surface area (Å²) in [7, 11) is 0. The van der Waals surface area contributed by atoms with Gasteiger partial charge in [-0.15, -0.1) is 0 Å². The number of amides is 1. The lowest BCUT2D eigenvalue weighted by molar-refractivity contribution is -0.142. The molecule has 0 bridgehead atoms. The number of hydrogen-bond donors (Lipinski definition) is 2. The van der Waals surface area contributed by atoms with Gasteiger partial charge in [-0.1, -0.05) is 31.5 Å². The van der Waals surface area contributed by atoms with Crippen molar-refractivity contribution in [3.05, 3.63) is 29.8 Å². The number of benzene rings is 1. The molecule has 4 heteroatoms. The molecule has 2 N–H and O–H groups in total. The van der Waals surface area contributed by atoms with Gasteiger partial charge in [0.05, 0.1) is 5.92 Å². The highest BCUT2D eigenvalue weighted by Gasteiger charge is 2.17. The van der Waals surface area contributed by atoms with Crippen molar-refractivity contribution in [1.29, 1.82) is 0 Å². The molecule has 0 aliphatic rings. The third-order valence-corrected chi connectivity index (χ3v) is 3.13. The number of para-hydroxylation sites is 1. The first-order valence-electron chi connectivity index (χ1n) is 6.63. The maximum atomic E-state index is 11.8. The van der Waals surface area contributed by atoms with Gasteiger partial charge >= 0.3 is 5.97 Å². The van der Waals surface area contributed by atoms with Crippen LogP contribution in [0.5, 0.6) is 0 Å². The Bertz CT molecular complexity index is 443. The first-order chi connectivity index (χ1) is 9.04. The monoisotopic (exact) mass is 263 g/mol. The first-order valence-corrected chi connectivity index (χ1v) is 6.63. The molecular formula is C15H21NO3. The molecular weight excluding hydrogens is 242 g/mol. The van der Waals surface area contributed by atoms with E-state index in [0.717, 1.165) is 17.7 Å². The Labute approximate surface area is 113 Å². The standard InChI is InChI=1S/C15H21NO3/c1-3-6-12(15(18)19)9-10-14(17)16-13-8-5-4-7-11(13)2/h4-5,7-8,12H,3,6,9-10H2,1-2H3,(H,16,17)(H,18,19). The van der Waals surface area contributed by atoms with Gasteiger partial charge in [-0.2, -0.15) is 0 Å². The van der Waals surface area contributed by atoms with Gasteiger partial charge in [-0.3, -0.25) is 9.59 Å². The van der Waals surface area contributed by atoms with Gasteiger partial charge < -0.3 is 10.4 Å². The van der Waals surface area contributed by atoms with Crippen LogP contribution in [-0.4, -0.2) is 17.0 Å². The van der Waals surface area contributed by atoms with Crippen molar-refractivity contribution < 1.29 is 14.7 Å². The summed E-state index contributed by atoms with van der Waals surface area (Å²) in [4.78, 5) is 22.8. The number of aryl methyl sites for hydroxylation is 1. The molecule has 1 rings (SSSR count). The molecule has 1 amide bonds. The van der Waals surface area contributed by atoms with Crippen molar-refractivity contribution >= 4 is 17.6 Å². The number of nitrogens with one attached hydrogen (secondary N) is 1. The average Bonchev–Trinajstić information content (AvgIpc) is 2.37. The molecule has 1 aromatic carbocycles. The number of hydrogen-bond acceptors (Lipinski definition) is 2. The van der Waals surface area contributed by atoms with Gasteiger partial charge in [0.15, 0.2) is 0 Å². The number of carboxylic acid groups (broad SMARTS) is 1. The number of aliphatic carboxylic acids is 1. The van der Waals surface area contributed by atoms with E-state index in [9.17, 15) is 9.59 Å². The molecule has 0 heterocycles. The summed E-state index contributed by atoms with van der Waals surface area (Å²) in [5, 5.41) is 11.8. The molecule has 19 heavy (non-hydrogen) atoms. The van der Waals surface area contributed by atoms with E-state index in [1.54, 1.807) is 0 Å². The number of carboxylic acids is 1. The fourth-order valence-corrected chi connectivity index (χ4v) is 1.97. The summed E-state index contributed by atoms with van der Waals surface area (Å²) >= 11 is 0. The topological polar surface area (TPSA) is 66.4 Å². The summed E-state index contributed by atoms with van der Waals surface area (Å²) in [6, 6.07) is 7.53. The number of carbonyl (C=O) groups excluding carboxylic acids is 1. The lowest BCUT2D eigenvalue weighted by Crippen LogP contribution is -2.18. The van der Waals surface area contributed by atoms with Crippen LogP contribution in [0.3, 0.4) is 0 Å². The van der Waals surface area contributed by atoms with Crippen molar-refractivity contribution in [2.75, 3.05) is 5.32 Å². The lowest BCUT2D eigenvalue weighted by atomic mass is 9.98. The van der Waals surface area contributed by atoms with Crippen LogP contribution in [0.25, 0.3) is 0 Å². The first kappa shape index (κ1) is 15.2. The molecule has 0 saturated heterocycles. The highest BCUT2D eigenvalue weighted by Crippen LogP contribution is 2.17. The minimum Gasteiger partial charge on any atom is -0.481 e. The van der Waals surface area contributed by atoms with Gasteiger partial charge in [-0.05, 0) is 31.4 Å². The second-order valence-electron chi connectivity index (χ2n) is 4.73. The van der Waals surface area contributed by atoms with Crippen molar-refractivity contribution in [2.45, 2.75) is 39.5 Å². The van der Waals surface area contributed by atoms with Crippen molar-refractivity contribution in [1.82, 2.24) is 0 Å². The molecule has 0 radical (unpaired) electrons. The van der Waals surface area contributed by atoms with Crippen LogP contribution in [0.1, 0.15) is 38.2 Å². The SMILES string of the molecule is CCCC(CCC(=O)Nc1ccccc1C)C(=O)O. The predicted molar refractivity (Wildman–Crippen MR) is 75.1 cm³/mol. The third kappa shape index (κ3) is 5.12. The third-order valence-electron chi connectivity index (χ3n) is 3.13. The largest absolute Gasteiger partial charge is 0.481 e. The Morgan fingerprint density at radius 2 is 1.95 bits per heavy atom. The number of carbonyl (C=O) groups is 2. The number of rotatable bonds is 7. The van der Waals surface area contributed by atoms with Crippen molar-refractivity contribution in [3.63, 3.8) is 0 Å². The maximum absolute atomic E-state index is 11.8. The Morgan fingerprint density at radius 3 is 2.53 bits per heavy atom. The maximum Gasteiger partial charge on any atom is 0.306 e. The van der Waals surface area contributed by atoms with Gasteiger partial charge in [0.1, 0.15) is 0 Å². The van der Waals surface area contributed by atoms with E-state index in [0.29, 0.717) is 12.8 Å². The minimum atomic E-state index is -0.814. The van der Waals surface area contributed by atoms with Gasteiger partial charge in [-0.25, -0.2) is 0 Å². The number of anilines is 1. The molecule has 1 unspecified atom stereocenters. The molecule has 0 fully saturated rings. The molecule has 0 saturated carbocycles. The van der Waals surface area contributed by atoms with Crippen LogP contribution < -0.4 is 5.32 Å². The summed E-state index contributed by atoms with van der Waals surface area (Å²) in [5.41, 5.74) is 1.79. The highest BCUT2D eigenvalue weighted by molar-refractivity contribution is 5.91. The molecule has 1 aromatic rings. The van der Waals surface area contributed by atoms with Crippen LogP contribution in [0, 0.1) is 12.8 Å². The quantitative estimate of drug-likeness (QED) is 0.793. The van der Waals surface area contributed by atoms with Crippen LogP contribution in [0.2, 0.25) is 0 Å². The van der Waals surface area contributed by atoms with Gasteiger partial charge in [0, 0.05) is 12.1 Å². The van der Waals surface area contributed by atoms with Crippen LogP contribution >= 0.6 is 0 Å². The second-order valence-corrected chi connectivity index (χ2v) is 4.73. The van der Waals surface area contributed by atoms with Crippen LogP contribution in [-0.2, 0) is 9.59 Å². The van der Waals surface area contributed by atoms with Gasteiger partial charge in [0.25, 0.3) is 0 Å². The summed E-state index contributed by atoms with van der Waals surface area (Å²) in [6.45, 7) is 3.87. The summed E-state index contributed by atoms with van der Waals surface area (Å²) in [6.07, 6.45) is 2.07. The predicted octanol–water partition coefficient (Wildman–Crippen LogP) is 3.21. The minimum absolute atomic E-state index is 0.128. The molecule has 0 aromatic heterocycles. The van der Waals surface area contributed by atoms with E-state index in [1.807, 2.05) is 38.1 Å². The van der Waals surface area contributed by atoms with E-state index in [4.69, 9.17) is 5.11 Å². The molecule has 1 atom stereocenters. The Kier molecular flexibility index (Phi) is 6.06. The second kappa shape index (κ2) is 7.56. The molecule has 104 valence electrons. The summed E-state index contributed by atoms with van der Waals surface area (Å²) < 4.78 is 0. The Hall–Kier alpha value is -1.84. The van der Waals surface area contributed by atoms with E-state index >= 15 is 0 Å². The smallest absolute Gasteiger partial charge is 0.306 e.